The number of halogens is 2. The summed E-state index contributed by atoms with van der Waals surface area (Å²) in [6.45, 7) is 0. The van der Waals surface area contributed by atoms with Gasteiger partial charge in [0.2, 0.25) is 0 Å². The maximum absolute atomic E-state index is 10.6. The molecule has 0 bridgehead atoms. The first-order valence-electron chi connectivity index (χ1n) is 6.13. The average molecular weight is 329 g/mol. The molecule has 1 aliphatic carbocycles. The molecule has 0 saturated heterocycles. The number of nitriles is 1. The van der Waals surface area contributed by atoms with Gasteiger partial charge in [0.15, 0.2) is 0 Å². The second-order valence-electron chi connectivity index (χ2n) is 4.90. The van der Waals surface area contributed by atoms with Crippen LogP contribution in [0.15, 0.2) is 22.7 Å². The Bertz CT molecular complexity index is 477. The molecule has 1 fully saturated rings. The average Bonchev–Trinajstić information content (AvgIpc) is 2.39. The molecule has 0 amide bonds. The van der Waals surface area contributed by atoms with E-state index < -0.39 is 11.5 Å². The highest BCUT2D eigenvalue weighted by Gasteiger charge is 2.40. The van der Waals surface area contributed by atoms with Crippen molar-refractivity contribution in [3.05, 3.63) is 33.3 Å². The Labute approximate surface area is 121 Å². The van der Waals surface area contributed by atoms with Crippen molar-refractivity contribution in [3.63, 3.8) is 0 Å². The van der Waals surface area contributed by atoms with Gasteiger partial charge in [-0.1, -0.05) is 52.9 Å². The lowest BCUT2D eigenvalue weighted by molar-refractivity contribution is 0.0354. The summed E-state index contributed by atoms with van der Waals surface area (Å²) in [5.74, 6) is 0. The fraction of sp³-hybridized carbons (Fsp3) is 0.500. The third kappa shape index (κ3) is 2.56. The van der Waals surface area contributed by atoms with Gasteiger partial charge in [0.25, 0.3) is 0 Å². The highest BCUT2D eigenvalue weighted by atomic mass is 79.9. The lowest BCUT2D eigenvalue weighted by Crippen LogP contribution is -2.30. The van der Waals surface area contributed by atoms with E-state index in [1.54, 1.807) is 18.2 Å². The highest BCUT2D eigenvalue weighted by Crippen LogP contribution is 2.47. The van der Waals surface area contributed by atoms with Gasteiger partial charge < -0.3 is 5.11 Å². The van der Waals surface area contributed by atoms with E-state index in [1.807, 2.05) is 0 Å². The van der Waals surface area contributed by atoms with E-state index in [0.29, 0.717) is 5.02 Å². The van der Waals surface area contributed by atoms with Crippen molar-refractivity contribution < 1.29 is 5.11 Å². The Balaban J connectivity index is 2.34. The molecule has 1 aromatic rings. The predicted molar refractivity (Wildman–Crippen MR) is 75.2 cm³/mol. The Morgan fingerprint density at radius 3 is 2.56 bits per heavy atom. The molecule has 1 aliphatic rings. The largest absolute Gasteiger partial charge is 0.387 e. The molecule has 18 heavy (non-hydrogen) atoms. The number of benzene rings is 1. The van der Waals surface area contributed by atoms with Gasteiger partial charge in [-0.2, -0.15) is 5.26 Å². The van der Waals surface area contributed by atoms with Crippen LogP contribution in [0.3, 0.4) is 0 Å². The predicted octanol–water partition coefficient (Wildman–Crippen LogP) is 4.61. The molecule has 1 saturated carbocycles. The van der Waals surface area contributed by atoms with Crippen LogP contribution in [-0.2, 0) is 0 Å². The molecule has 0 heterocycles. The van der Waals surface area contributed by atoms with Crippen LogP contribution in [0.4, 0.5) is 0 Å². The number of nitrogens with zero attached hydrogens (tertiary/aromatic N) is 1. The van der Waals surface area contributed by atoms with Gasteiger partial charge in [0.05, 0.1) is 17.6 Å². The summed E-state index contributed by atoms with van der Waals surface area (Å²) in [6, 6.07) is 7.66. The maximum Gasteiger partial charge on any atom is 0.0987 e. The first kappa shape index (κ1) is 13.9. The lowest BCUT2D eigenvalue weighted by atomic mass is 9.69. The summed E-state index contributed by atoms with van der Waals surface area (Å²) in [4.78, 5) is 0. The third-order valence-electron chi connectivity index (χ3n) is 3.75. The van der Waals surface area contributed by atoms with E-state index in [-0.39, 0.29) is 0 Å². The Kier molecular flexibility index (Phi) is 4.32. The molecule has 0 aromatic heterocycles. The number of hydrogen-bond donors (Lipinski definition) is 1. The van der Waals surface area contributed by atoms with Crippen molar-refractivity contribution in [1.29, 1.82) is 5.26 Å². The number of rotatable bonds is 2. The molecule has 2 rings (SSSR count). The molecule has 1 aromatic carbocycles. The van der Waals surface area contributed by atoms with E-state index in [2.05, 4.69) is 22.0 Å². The van der Waals surface area contributed by atoms with Crippen molar-refractivity contribution in [1.82, 2.24) is 0 Å². The summed E-state index contributed by atoms with van der Waals surface area (Å²) in [5.41, 5.74) is 0.108. The minimum atomic E-state index is -0.755. The van der Waals surface area contributed by atoms with Crippen LogP contribution in [0.2, 0.25) is 5.02 Å². The van der Waals surface area contributed by atoms with Crippen LogP contribution in [0.25, 0.3) is 0 Å². The van der Waals surface area contributed by atoms with Gasteiger partial charge in [-0.3, -0.25) is 0 Å². The van der Waals surface area contributed by atoms with Crippen molar-refractivity contribution in [2.75, 3.05) is 0 Å². The second kappa shape index (κ2) is 5.61. The van der Waals surface area contributed by atoms with Gasteiger partial charge in [0.1, 0.15) is 0 Å². The van der Waals surface area contributed by atoms with Crippen molar-refractivity contribution in [2.24, 2.45) is 5.41 Å². The van der Waals surface area contributed by atoms with E-state index in [9.17, 15) is 10.4 Å². The topological polar surface area (TPSA) is 44.0 Å². The fourth-order valence-electron chi connectivity index (χ4n) is 2.65. The zero-order valence-electron chi connectivity index (χ0n) is 10.00. The summed E-state index contributed by atoms with van der Waals surface area (Å²) >= 11 is 9.31. The summed E-state index contributed by atoms with van der Waals surface area (Å²) < 4.78 is 0.766. The molecule has 4 heteroatoms. The number of aliphatic hydroxyl groups is 1. The molecule has 2 nitrogen and oxygen atoms in total. The maximum atomic E-state index is 10.6. The molecule has 0 aliphatic heterocycles. The monoisotopic (exact) mass is 327 g/mol. The van der Waals surface area contributed by atoms with Crippen LogP contribution in [0.1, 0.15) is 43.8 Å². The first-order chi connectivity index (χ1) is 8.59. The zero-order chi connectivity index (χ0) is 13.2. The molecule has 1 N–H and O–H groups in total. The molecule has 0 spiro atoms. The number of hydrogen-bond acceptors (Lipinski definition) is 2. The van der Waals surface area contributed by atoms with Gasteiger partial charge in [-0.15, -0.1) is 0 Å². The molecule has 1 unspecified atom stereocenters. The smallest absolute Gasteiger partial charge is 0.0987 e. The Morgan fingerprint density at radius 2 is 2.00 bits per heavy atom. The number of aliphatic hydroxyl groups excluding tert-OH is 1. The molecular formula is C14H15BrClNO. The fourth-order valence-corrected chi connectivity index (χ4v) is 3.55. The van der Waals surface area contributed by atoms with Crippen molar-refractivity contribution in [3.8, 4) is 6.07 Å². The summed E-state index contributed by atoms with van der Waals surface area (Å²) in [7, 11) is 0. The molecule has 96 valence electrons. The lowest BCUT2D eigenvalue weighted by Gasteiger charge is -2.35. The van der Waals surface area contributed by atoms with Gasteiger partial charge in [-0.25, -0.2) is 0 Å². The van der Waals surface area contributed by atoms with E-state index in [0.717, 1.165) is 42.1 Å². The van der Waals surface area contributed by atoms with E-state index in [1.165, 1.54) is 0 Å². The van der Waals surface area contributed by atoms with Crippen LogP contribution in [-0.4, -0.2) is 5.11 Å². The second-order valence-corrected chi connectivity index (χ2v) is 6.19. The standard InChI is InChI=1S/C14H15BrClNO/c15-12-8-10(16)4-5-11(12)13(18)14(9-17)6-2-1-3-7-14/h4-5,8,13,18H,1-3,6-7H2. The van der Waals surface area contributed by atoms with Gasteiger partial charge >= 0.3 is 0 Å². The highest BCUT2D eigenvalue weighted by molar-refractivity contribution is 9.10. The van der Waals surface area contributed by atoms with Crippen molar-refractivity contribution >= 4 is 27.5 Å². The van der Waals surface area contributed by atoms with Crippen LogP contribution < -0.4 is 0 Å². The third-order valence-corrected chi connectivity index (χ3v) is 4.67. The normalized spacial score (nSPS) is 20.1. The van der Waals surface area contributed by atoms with Crippen LogP contribution in [0, 0.1) is 16.7 Å². The van der Waals surface area contributed by atoms with E-state index in [4.69, 9.17) is 11.6 Å². The minimum Gasteiger partial charge on any atom is -0.387 e. The Hall–Kier alpha value is -0.560. The Morgan fingerprint density at radius 1 is 1.33 bits per heavy atom. The minimum absolute atomic E-state index is 0.618. The molecule has 0 radical (unpaired) electrons. The van der Waals surface area contributed by atoms with Crippen molar-refractivity contribution in [2.45, 2.75) is 38.2 Å². The van der Waals surface area contributed by atoms with Gasteiger partial charge in [-0.05, 0) is 30.5 Å². The van der Waals surface area contributed by atoms with Crippen LogP contribution >= 0.6 is 27.5 Å². The van der Waals surface area contributed by atoms with Gasteiger partial charge in [0, 0.05) is 9.50 Å². The summed E-state index contributed by atoms with van der Waals surface area (Å²) in [6.07, 6.45) is 3.94. The summed E-state index contributed by atoms with van der Waals surface area (Å²) in [5, 5.41) is 20.7. The van der Waals surface area contributed by atoms with E-state index >= 15 is 0 Å². The SMILES string of the molecule is N#CC1(C(O)c2ccc(Cl)cc2Br)CCCCC1. The van der Waals surface area contributed by atoms with Crippen LogP contribution in [0.5, 0.6) is 0 Å². The molecule has 1 atom stereocenters. The quantitative estimate of drug-likeness (QED) is 0.861. The zero-order valence-corrected chi connectivity index (χ0v) is 12.3. The molecular weight excluding hydrogens is 314 g/mol. The first-order valence-corrected chi connectivity index (χ1v) is 7.30.